The number of hydrogen-bond acceptors (Lipinski definition) is 6. The maximum atomic E-state index is 13.2. The summed E-state index contributed by atoms with van der Waals surface area (Å²) < 4.78 is 46.3. The molecule has 2 unspecified atom stereocenters. The Balaban J connectivity index is 1.20. The summed E-state index contributed by atoms with van der Waals surface area (Å²) in [7, 11) is -3.30. The minimum absolute atomic E-state index is 0.0487. The number of aromatic nitrogens is 1. The standard InChI is InChI=1S/C20H29FN4O4S/c21-17-9-16(17)19-10-18(24-29-19)20(26)23-13-7-14-1-2-15(8-13)25(14)30(27,28)11-12-3-5-22-6-4-12/h10,12-17,22H,1-9,11H2,(H,23,26)/t13?,14-,15?,16+,17+/m1/s1. The van der Waals surface area contributed by atoms with Gasteiger partial charge < -0.3 is 15.2 Å². The minimum atomic E-state index is -3.30. The summed E-state index contributed by atoms with van der Waals surface area (Å²) >= 11 is 0. The number of amides is 1. The molecular weight excluding hydrogens is 411 g/mol. The number of hydrogen-bond donors (Lipinski definition) is 2. The molecule has 166 valence electrons. The molecule has 0 spiro atoms. The molecule has 0 radical (unpaired) electrons. The van der Waals surface area contributed by atoms with Gasteiger partial charge in [0, 0.05) is 24.2 Å². The molecule has 3 aliphatic heterocycles. The molecule has 5 rings (SSSR count). The summed E-state index contributed by atoms with van der Waals surface area (Å²) in [5.74, 6) is 0.271. The Morgan fingerprint density at radius 1 is 1.20 bits per heavy atom. The topological polar surface area (TPSA) is 105 Å². The van der Waals surface area contributed by atoms with Gasteiger partial charge in [0.15, 0.2) is 5.69 Å². The van der Waals surface area contributed by atoms with Crippen LogP contribution in [0.15, 0.2) is 10.6 Å². The van der Waals surface area contributed by atoms with Crippen molar-refractivity contribution in [2.75, 3.05) is 18.8 Å². The highest BCUT2D eigenvalue weighted by molar-refractivity contribution is 7.89. The van der Waals surface area contributed by atoms with E-state index in [1.807, 2.05) is 0 Å². The van der Waals surface area contributed by atoms with Gasteiger partial charge in [-0.05, 0) is 64.0 Å². The zero-order chi connectivity index (χ0) is 20.9. The quantitative estimate of drug-likeness (QED) is 0.696. The number of sulfonamides is 1. The smallest absolute Gasteiger partial charge is 0.273 e. The van der Waals surface area contributed by atoms with Crippen LogP contribution >= 0.6 is 0 Å². The highest BCUT2D eigenvalue weighted by Crippen LogP contribution is 2.43. The summed E-state index contributed by atoms with van der Waals surface area (Å²) in [6, 6.07) is 1.34. The Kier molecular flexibility index (Phi) is 5.35. The summed E-state index contributed by atoms with van der Waals surface area (Å²) in [4.78, 5) is 12.6. The number of halogens is 1. The van der Waals surface area contributed by atoms with Gasteiger partial charge in [0.25, 0.3) is 5.91 Å². The Hall–Kier alpha value is -1.52. The number of carbonyl (C=O) groups excluding carboxylic acids is 1. The van der Waals surface area contributed by atoms with E-state index in [-0.39, 0.29) is 47.3 Å². The van der Waals surface area contributed by atoms with Gasteiger partial charge in [0.1, 0.15) is 11.9 Å². The summed E-state index contributed by atoms with van der Waals surface area (Å²) in [5, 5.41) is 10.1. The van der Waals surface area contributed by atoms with E-state index in [0.717, 1.165) is 38.8 Å². The first-order chi connectivity index (χ1) is 14.4. The second kappa shape index (κ2) is 7.87. The lowest BCUT2D eigenvalue weighted by atomic mass is 9.99. The van der Waals surface area contributed by atoms with Gasteiger partial charge in [0.2, 0.25) is 10.0 Å². The van der Waals surface area contributed by atoms with Crippen LogP contribution in [0, 0.1) is 5.92 Å². The van der Waals surface area contributed by atoms with Gasteiger partial charge in [-0.3, -0.25) is 4.79 Å². The first kappa shape index (κ1) is 20.4. The largest absolute Gasteiger partial charge is 0.360 e. The summed E-state index contributed by atoms with van der Waals surface area (Å²) in [6.45, 7) is 1.77. The van der Waals surface area contributed by atoms with E-state index in [1.165, 1.54) is 6.07 Å². The van der Waals surface area contributed by atoms with E-state index in [4.69, 9.17) is 4.52 Å². The molecule has 0 aromatic carbocycles. The highest BCUT2D eigenvalue weighted by Gasteiger charge is 2.47. The molecule has 1 saturated carbocycles. The van der Waals surface area contributed by atoms with Gasteiger partial charge in [-0.25, -0.2) is 12.8 Å². The molecule has 4 fully saturated rings. The van der Waals surface area contributed by atoms with Crippen LogP contribution in [0.4, 0.5) is 4.39 Å². The van der Waals surface area contributed by atoms with Crippen molar-refractivity contribution in [2.45, 2.75) is 75.2 Å². The zero-order valence-corrected chi connectivity index (χ0v) is 17.7. The van der Waals surface area contributed by atoms with Crippen molar-refractivity contribution in [1.29, 1.82) is 0 Å². The normalized spacial score (nSPS) is 34.8. The van der Waals surface area contributed by atoms with Crippen molar-refractivity contribution < 1.29 is 22.1 Å². The molecule has 1 aliphatic carbocycles. The van der Waals surface area contributed by atoms with Crippen molar-refractivity contribution in [2.24, 2.45) is 5.92 Å². The highest BCUT2D eigenvalue weighted by atomic mass is 32.2. The van der Waals surface area contributed by atoms with Gasteiger partial charge in [-0.15, -0.1) is 0 Å². The molecule has 1 aromatic rings. The van der Waals surface area contributed by atoms with Crippen molar-refractivity contribution in [3.05, 3.63) is 17.5 Å². The van der Waals surface area contributed by atoms with Crippen LogP contribution in [-0.4, -0.2) is 66.9 Å². The third-order valence-electron chi connectivity index (χ3n) is 7.07. The Bertz CT molecular complexity index is 886. The van der Waals surface area contributed by atoms with Crippen molar-refractivity contribution in [1.82, 2.24) is 20.1 Å². The molecule has 30 heavy (non-hydrogen) atoms. The maximum absolute atomic E-state index is 13.2. The number of nitrogens with one attached hydrogen (secondary N) is 2. The number of nitrogens with zero attached hydrogens (tertiary/aromatic N) is 2. The summed E-state index contributed by atoms with van der Waals surface area (Å²) in [5.41, 5.74) is 0.164. The Morgan fingerprint density at radius 3 is 2.50 bits per heavy atom. The van der Waals surface area contributed by atoms with E-state index >= 15 is 0 Å². The summed E-state index contributed by atoms with van der Waals surface area (Å²) in [6.07, 6.45) is 4.26. The van der Waals surface area contributed by atoms with E-state index in [9.17, 15) is 17.6 Å². The minimum Gasteiger partial charge on any atom is -0.360 e. The molecule has 4 aliphatic rings. The molecule has 8 nitrogen and oxygen atoms in total. The van der Waals surface area contributed by atoms with Crippen LogP contribution in [0.1, 0.15) is 67.1 Å². The van der Waals surface area contributed by atoms with Gasteiger partial charge in [-0.2, -0.15) is 4.31 Å². The van der Waals surface area contributed by atoms with Crippen molar-refractivity contribution >= 4 is 15.9 Å². The lowest BCUT2D eigenvalue weighted by Crippen LogP contribution is -2.53. The van der Waals surface area contributed by atoms with E-state index in [1.54, 1.807) is 4.31 Å². The second-order valence-corrected chi connectivity index (χ2v) is 11.2. The zero-order valence-electron chi connectivity index (χ0n) is 16.9. The Morgan fingerprint density at radius 2 is 1.87 bits per heavy atom. The lowest BCUT2D eigenvalue weighted by Gasteiger charge is -2.39. The maximum Gasteiger partial charge on any atom is 0.273 e. The average Bonchev–Trinajstić information content (AvgIpc) is 3.11. The molecular formula is C20H29FN4O4S. The molecule has 1 amide bonds. The lowest BCUT2D eigenvalue weighted by molar-refractivity contribution is 0.0900. The molecule has 2 bridgehead atoms. The number of alkyl halides is 1. The van der Waals surface area contributed by atoms with Gasteiger partial charge in [0.05, 0.1) is 11.7 Å². The fourth-order valence-corrected chi connectivity index (χ4v) is 7.82. The van der Waals surface area contributed by atoms with Crippen LogP contribution in [-0.2, 0) is 10.0 Å². The molecule has 5 atom stereocenters. The van der Waals surface area contributed by atoms with E-state index in [2.05, 4.69) is 15.8 Å². The fourth-order valence-electron chi connectivity index (χ4n) is 5.43. The monoisotopic (exact) mass is 440 g/mol. The third kappa shape index (κ3) is 4.01. The molecule has 3 saturated heterocycles. The molecule has 1 aromatic heterocycles. The average molecular weight is 441 g/mol. The van der Waals surface area contributed by atoms with Crippen LogP contribution in [0.5, 0.6) is 0 Å². The number of carbonyl (C=O) groups is 1. The predicted molar refractivity (Wildman–Crippen MR) is 107 cm³/mol. The van der Waals surface area contributed by atoms with Crippen LogP contribution in [0.3, 0.4) is 0 Å². The third-order valence-corrected chi connectivity index (χ3v) is 9.20. The number of piperidine rings is 2. The molecule has 10 heteroatoms. The Labute approximate surface area is 176 Å². The molecule has 2 N–H and O–H groups in total. The van der Waals surface area contributed by atoms with Crippen molar-refractivity contribution in [3.63, 3.8) is 0 Å². The first-order valence-electron chi connectivity index (χ1n) is 11.0. The number of rotatable bonds is 6. The van der Waals surface area contributed by atoms with Crippen molar-refractivity contribution in [3.8, 4) is 0 Å². The SMILES string of the molecule is O=C(NC1CC2CC[C@H](C1)N2S(=O)(=O)CC1CCNCC1)c1cc([C@H]2C[C@@H]2F)on1. The first-order valence-corrected chi connectivity index (χ1v) is 12.6. The van der Waals surface area contributed by atoms with Crippen LogP contribution in [0.2, 0.25) is 0 Å². The number of fused-ring (bicyclic) bond motifs is 2. The van der Waals surface area contributed by atoms with Gasteiger partial charge >= 0.3 is 0 Å². The van der Waals surface area contributed by atoms with E-state index < -0.39 is 16.2 Å². The van der Waals surface area contributed by atoms with Crippen LogP contribution < -0.4 is 10.6 Å². The molecule has 4 heterocycles. The fraction of sp³-hybridized carbons (Fsp3) is 0.800. The van der Waals surface area contributed by atoms with E-state index in [0.29, 0.717) is 25.0 Å². The van der Waals surface area contributed by atoms with Gasteiger partial charge in [-0.1, -0.05) is 5.16 Å². The van der Waals surface area contributed by atoms with Crippen LogP contribution in [0.25, 0.3) is 0 Å². The predicted octanol–water partition coefficient (Wildman–Crippen LogP) is 1.55. The second-order valence-electron chi connectivity index (χ2n) is 9.30.